The predicted molar refractivity (Wildman–Crippen MR) is 57.1 cm³/mol. The third-order valence-corrected chi connectivity index (χ3v) is 2.45. The lowest BCUT2D eigenvalue weighted by atomic mass is 10.0. The molecule has 0 aromatic carbocycles. The second kappa shape index (κ2) is 3.60. The number of nitrogens with zero attached hydrogens (tertiary/aromatic N) is 3. The number of aliphatic hydroxyl groups is 1. The summed E-state index contributed by atoms with van der Waals surface area (Å²) in [5.74, 6) is 0. The smallest absolute Gasteiger partial charge is 0.159 e. The van der Waals surface area contributed by atoms with E-state index in [1.54, 1.807) is 25.5 Å². The molecule has 0 saturated carbocycles. The van der Waals surface area contributed by atoms with Crippen molar-refractivity contribution in [3.63, 3.8) is 0 Å². The van der Waals surface area contributed by atoms with E-state index in [0.29, 0.717) is 5.52 Å². The molecule has 0 saturated heterocycles. The largest absolute Gasteiger partial charge is 0.387 e. The fraction of sp³-hybridized carbons (Fsp3) is 0.400. The average Bonchev–Trinajstić information content (AvgIpc) is 2.59. The summed E-state index contributed by atoms with van der Waals surface area (Å²) in [6, 6.07) is 1.43. The number of hydrogen-bond acceptors (Lipinski definition) is 4. The van der Waals surface area contributed by atoms with Crippen molar-refractivity contribution in [2.75, 3.05) is 0 Å². The first kappa shape index (κ1) is 10.1. The molecule has 2 aromatic heterocycles. The third kappa shape index (κ3) is 1.60. The monoisotopic (exact) mass is 206 g/mol. The van der Waals surface area contributed by atoms with E-state index >= 15 is 0 Å². The molecule has 2 rings (SSSR count). The van der Waals surface area contributed by atoms with Gasteiger partial charge in [0.15, 0.2) is 5.65 Å². The van der Waals surface area contributed by atoms with E-state index in [9.17, 15) is 5.11 Å². The van der Waals surface area contributed by atoms with Gasteiger partial charge in [0.25, 0.3) is 0 Å². The van der Waals surface area contributed by atoms with Crippen LogP contribution in [0, 0.1) is 0 Å². The van der Waals surface area contributed by atoms with Gasteiger partial charge in [0.05, 0.1) is 12.4 Å². The Balaban J connectivity index is 2.61. The van der Waals surface area contributed by atoms with Gasteiger partial charge < -0.3 is 15.4 Å². The summed E-state index contributed by atoms with van der Waals surface area (Å²) in [5, 5.41) is 9.90. The Bertz CT molecular complexity index is 477. The minimum Gasteiger partial charge on any atom is -0.387 e. The molecule has 2 aromatic rings. The van der Waals surface area contributed by atoms with Crippen molar-refractivity contribution in [3.05, 3.63) is 24.2 Å². The Morgan fingerprint density at radius 3 is 2.87 bits per heavy atom. The zero-order valence-electron chi connectivity index (χ0n) is 8.75. The fourth-order valence-electron chi connectivity index (χ4n) is 1.57. The highest BCUT2D eigenvalue weighted by molar-refractivity contribution is 5.75. The van der Waals surface area contributed by atoms with Gasteiger partial charge in [0, 0.05) is 24.8 Å². The minimum absolute atomic E-state index is 0.322. The molecule has 0 aliphatic carbocycles. The molecule has 2 unspecified atom stereocenters. The number of aryl methyl sites for hydroxylation is 1. The summed E-state index contributed by atoms with van der Waals surface area (Å²) in [7, 11) is 1.87. The number of imidazole rings is 1. The molecular weight excluding hydrogens is 192 g/mol. The number of hydrogen-bond donors (Lipinski definition) is 2. The molecule has 0 amide bonds. The molecule has 2 heterocycles. The standard InChI is InChI=1S/C10H14N4O/c1-6(11)9(15)7-3-4-12-10-8(7)13-5-14(10)2/h3-6,9,15H,11H2,1-2H3. The molecule has 2 atom stereocenters. The van der Waals surface area contributed by atoms with Crippen LogP contribution >= 0.6 is 0 Å². The minimum atomic E-state index is -0.703. The van der Waals surface area contributed by atoms with Crippen molar-refractivity contribution >= 4 is 11.2 Å². The van der Waals surface area contributed by atoms with Gasteiger partial charge in [-0.1, -0.05) is 0 Å². The van der Waals surface area contributed by atoms with Crippen molar-refractivity contribution in [3.8, 4) is 0 Å². The number of nitrogens with two attached hydrogens (primary N) is 1. The molecular formula is C10H14N4O. The van der Waals surface area contributed by atoms with Crippen LogP contribution in [-0.4, -0.2) is 25.7 Å². The summed E-state index contributed by atoms with van der Waals surface area (Å²) in [5.41, 5.74) is 7.86. The van der Waals surface area contributed by atoms with E-state index in [-0.39, 0.29) is 6.04 Å². The van der Waals surface area contributed by atoms with Gasteiger partial charge >= 0.3 is 0 Å². The Morgan fingerprint density at radius 1 is 1.47 bits per heavy atom. The molecule has 0 bridgehead atoms. The normalized spacial score (nSPS) is 15.5. The Hall–Kier alpha value is -1.46. The van der Waals surface area contributed by atoms with Crippen molar-refractivity contribution < 1.29 is 5.11 Å². The van der Waals surface area contributed by atoms with Crippen molar-refractivity contribution in [1.29, 1.82) is 0 Å². The van der Waals surface area contributed by atoms with Gasteiger partial charge in [0.1, 0.15) is 5.52 Å². The summed E-state index contributed by atoms with van der Waals surface area (Å²) >= 11 is 0. The first-order valence-electron chi connectivity index (χ1n) is 4.81. The van der Waals surface area contributed by atoms with Crippen molar-refractivity contribution in [2.24, 2.45) is 12.8 Å². The average molecular weight is 206 g/mol. The van der Waals surface area contributed by atoms with Crippen molar-refractivity contribution in [1.82, 2.24) is 14.5 Å². The third-order valence-electron chi connectivity index (χ3n) is 2.45. The van der Waals surface area contributed by atoms with E-state index in [4.69, 9.17) is 5.73 Å². The van der Waals surface area contributed by atoms with E-state index < -0.39 is 6.10 Å². The SMILES string of the molecule is CC(N)C(O)c1ccnc2c1ncn2C. The van der Waals surface area contributed by atoms with Crippen LogP contribution in [0.25, 0.3) is 11.2 Å². The van der Waals surface area contributed by atoms with Crippen LogP contribution in [0.3, 0.4) is 0 Å². The maximum Gasteiger partial charge on any atom is 0.159 e. The number of rotatable bonds is 2. The molecule has 0 aliphatic rings. The Labute approximate surface area is 87.6 Å². The van der Waals surface area contributed by atoms with Gasteiger partial charge in [-0.25, -0.2) is 9.97 Å². The van der Waals surface area contributed by atoms with Gasteiger partial charge in [0.2, 0.25) is 0 Å². The maximum absolute atomic E-state index is 9.90. The summed E-state index contributed by atoms with van der Waals surface area (Å²) in [6.45, 7) is 1.76. The number of aliphatic hydroxyl groups excluding tert-OH is 1. The first-order valence-corrected chi connectivity index (χ1v) is 4.81. The summed E-state index contributed by atoms with van der Waals surface area (Å²) < 4.78 is 1.81. The molecule has 0 aliphatic heterocycles. The van der Waals surface area contributed by atoms with E-state index in [1.807, 2.05) is 11.6 Å². The molecule has 15 heavy (non-hydrogen) atoms. The number of fused-ring (bicyclic) bond motifs is 1. The van der Waals surface area contributed by atoms with Crippen LogP contribution in [-0.2, 0) is 7.05 Å². The van der Waals surface area contributed by atoms with Gasteiger partial charge in [-0.2, -0.15) is 0 Å². The van der Waals surface area contributed by atoms with Crippen LogP contribution in [0.2, 0.25) is 0 Å². The van der Waals surface area contributed by atoms with E-state index in [2.05, 4.69) is 9.97 Å². The predicted octanol–water partition coefficient (Wildman–Crippen LogP) is 0.349. The lowest BCUT2D eigenvalue weighted by Crippen LogP contribution is -2.24. The second-order valence-corrected chi connectivity index (χ2v) is 3.73. The Morgan fingerprint density at radius 2 is 2.20 bits per heavy atom. The lowest BCUT2D eigenvalue weighted by molar-refractivity contribution is 0.154. The first-order chi connectivity index (χ1) is 7.11. The molecule has 0 spiro atoms. The molecule has 80 valence electrons. The van der Waals surface area contributed by atoms with Crippen LogP contribution in [0.4, 0.5) is 0 Å². The molecule has 0 fully saturated rings. The van der Waals surface area contributed by atoms with Crippen LogP contribution < -0.4 is 5.73 Å². The quantitative estimate of drug-likeness (QED) is 0.743. The highest BCUT2D eigenvalue weighted by Gasteiger charge is 2.17. The molecule has 0 radical (unpaired) electrons. The highest BCUT2D eigenvalue weighted by Crippen LogP contribution is 2.22. The Kier molecular flexibility index (Phi) is 2.42. The van der Waals surface area contributed by atoms with Gasteiger partial charge in [-0.3, -0.25) is 0 Å². The molecule has 3 N–H and O–H groups in total. The second-order valence-electron chi connectivity index (χ2n) is 3.73. The number of pyridine rings is 1. The van der Waals surface area contributed by atoms with Crippen LogP contribution in [0.5, 0.6) is 0 Å². The molecule has 5 nitrogen and oxygen atoms in total. The van der Waals surface area contributed by atoms with Gasteiger partial charge in [-0.15, -0.1) is 0 Å². The van der Waals surface area contributed by atoms with Crippen LogP contribution in [0.15, 0.2) is 18.6 Å². The number of aromatic nitrogens is 3. The van der Waals surface area contributed by atoms with Crippen molar-refractivity contribution in [2.45, 2.75) is 19.1 Å². The van der Waals surface area contributed by atoms with Crippen LogP contribution in [0.1, 0.15) is 18.6 Å². The zero-order valence-corrected chi connectivity index (χ0v) is 8.75. The van der Waals surface area contributed by atoms with E-state index in [1.165, 1.54) is 0 Å². The zero-order chi connectivity index (χ0) is 11.0. The van der Waals surface area contributed by atoms with Gasteiger partial charge in [-0.05, 0) is 13.0 Å². The summed E-state index contributed by atoms with van der Waals surface area (Å²) in [4.78, 5) is 8.40. The highest BCUT2D eigenvalue weighted by atomic mass is 16.3. The lowest BCUT2D eigenvalue weighted by Gasteiger charge is -2.14. The maximum atomic E-state index is 9.90. The molecule has 5 heteroatoms. The fourth-order valence-corrected chi connectivity index (χ4v) is 1.57. The topological polar surface area (TPSA) is 77.0 Å². The summed E-state index contributed by atoms with van der Waals surface area (Å²) in [6.07, 6.45) is 2.63. The van der Waals surface area contributed by atoms with E-state index in [0.717, 1.165) is 11.2 Å².